The van der Waals surface area contributed by atoms with E-state index >= 15 is 0 Å². The fraction of sp³-hybridized carbons (Fsp3) is 0.471. The lowest BCUT2D eigenvalue weighted by Gasteiger charge is -2.19. The maximum Gasteiger partial charge on any atom is 0.273 e. The number of nitrogens with zero attached hydrogens (tertiary/aromatic N) is 2. The number of hydrogen-bond acceptors (Lipinski definition) is 5. The van der Waals surface area contributed by atoms with Crippen molar-refractivity contribution in [2.75, 3.05) is 13.2 Å². The molecular formula is C17H21N3O3. The van der Waals surface area contributed by atoms with Crippen LogP contribution in [-0.2, 0) is 11.2 Å². The van der Waals surface area contributed by atoms with Crippen molar-refractivity contribution in [1.82, 2.24) is 15.3 Å². The van der Waals surface area contributed by atoms with Gasteiger partial charge in [-0.1, -0.05) is 13.8 Å². The number of amides is 1. The molecule has 1 saturated heterocycles. The minimum Gasteiger partial charge on any atom is -0.447 e. The molecule has 1 aliphatic rings. The number of ether oxygens (including phenoxy) is 1. The first kappa shape index (κ1) is 15.7. The Hall–Kier alpha value is -2.21. The lowest BCUT2D eigenvalue weighted by atomic mass is 9.95. The van der Waals surface area contributed by atoms with Gasteiger partial charge in [0.15, 0.2) is 12.1 Å². The van der Waals surface area contributed by atoms with Gasteiger partial charge >= 0.3 is 0 Å². The fourth-order valence-corrected chi connectivity index (χ4v) is 2.85. The topological polar surface area (TPSA) is 77.2 Å². The second kappa shape index (κ2) is 6.91. The van der Waals surface area contributed by atoms with Gasteiger partial charge in [-0.15, -0.1) is 0 Å². The molecule has 1 fully saturated rings. The molecule has 0 saturated carbocycles. The molecule has 0 aromatic carbocycles. The van der Waals surface area contributed by atoms with Crippen LogP contribution in [-0.4, -0.2) is 35.1 Å². The van der Waals surface area contributed by atoms with Crippen LogP contribution in [0.25, 0.3) is 0 Å². The number of carbonyl (C=O) groups excluding carboxylic acids is 1. The monoisotopic (exact) mass is 315 g/mol. The summed E-state index contributed by atoms with van der Waals surface area (Å²) in [5.74, 6) is 0.784. The Bertz CT molecular complexity index is 654. The van der Waals surface area contributed by atoms with Crippen LogP contribution >= 0.6 is 0 Å². The number of pyridine rings is 1. The summed E-state index contributed by atoms with van der Waals surface area (Å²) in [4.78, 5) is 20.6. The second-order valence-corrected chi connectivity index (χ2v) is 6.16. The normalized spacial score (nSPS) is 20.8. The first-order valence-electron chi connectivity index (χ1n) is 7.86. The summed E-state index contributed by atoms with van der Waals surface area (Å²) in [7, 11) is 0. The minimum atomic E-state index is -0.197. The van der Waals surface area contributed by atoms with Gasteiger partial charge in [0.25, 0.3) is 5.91 Å². The number of nitrogens with one attached hydrogen (secondary N) is 1. The van der Waals surface area contributed by atoms with E-state index in [1.807, 2.05) is 26.0 Å². The van der Waals surface area contributed by atoms with Gasteiger partial charge in [-0.25, -0.2) is 4.98 Å². The first-order chi connectivity index (χ1) is 11.1. The maximum atomic E-state index is 12.5. The van der Waals surface area contributed by atoms with Gasteiger partial charge in [-0.2, -0.15) is 0 Å². The van der Waals surface area contributed by atoms with Gasteiger partial charge in [0.2, 0.25) is 0 Å². The van der Waals surface area contributed by atoms with Gasteiger partial charge in [0.1, 0.15) is 5.76 Å². The highest BCUT2D eigenvalue weighted by molar-refractivity contribution is 5.93. The number of aromatic nitrogens is 2. The van der Waals surface area contributed by atoms with Crippen LogP contribution in [0.5, 0.6) is 0 Å². The van der Waals surface area contributed by atoms with Gasteiger partial charge in [0, 0.05) is 24.2 Å². The van der Waals surface area contributed by atoms with E-state index in [9.17, 15) is 4.79 Å². The van der Waals surface area contributed by atoms with Crippen molar-refractivity contribution in [2.45, 2.75) is 32.2 Å². The maximum absolute atomic E-state index is 12.5. The van der Waals surface area contributed by atoms with E-state index < -0.39 is 0 Å². The fourth-order valence-electron chi connectivity index (χ4n) is 2.85. The molecule has 2 aromatic heterocycles. The lowest BCUT2D eigenvalue weighted by molar-refractivity contribution is 0.0918. The highest BCUT2D eigenvalue weighted by atomic mass is 16.5. The average molecular weight is 315 g/mol. The van der Waals surface area contributed by atoms with Crippen LogP contribution < -0.4 is 5.32 Å². The summed E-state index contributed by atoms with van der Waals surface area (Å²) in [6, 6.07) is 3.96. The van der Waals surface area contributed by atoms with Crippen LogP contribution in [0, 0.1) is 5.92 Å². The molecule has 3 rings (SSSR count). The molecule has 0 aliphatic carbocycles. The summed E-state index contributed by atoms with van der Waals surface area (Å²) in [5, 5.41) is 3.04. The molecule has 0 bridgehead atoms. The number of carbonyl (C=O) groups is 1. The van der Waals surface area contributed by atoms with E-state index in [0.717, 1.165) is 6.42 Å². The molecule has 0 spiro atoms. The molecule has 1 amide bonds. The summed E-state index contributed by atoms with van der Waals surface area (Å²) < 4.78 is 10.9. The zero-order valence-corrected chi connectivity index (χ0v) is 13.4. The van der Waals surface area contributed by atoms with Crippen LogP contribution in [0.4, 0.5) is 0 Å². The quantitative estimate of drug-likeness (QED) is 0.915. The van der Waals surface area contributed by atoms with Crippen molar-refractivity contribution in [3.8, 4) is 0 Å². The zero-order valence-electron chi connectivity index (χ0n) is 13.4. The Morgan fingerprint density at radius 1 is 1.35 bits per heavy atom. The molecule has 6 heteroatoms. The van der Waals surface area contributed by atoms with E-state index in [1.165, 1.54) is 12.0 Å². The summed E-state index contributed by atoms with van der Waals surface area (Å²) in [6.07, 6.45) is 5.74. The third-order valence-electron chi connectivity index (χ3n) is 4.10. The molecule has 0 unspecified atom stereocenters. The molecule has 1 aliphatic heterocycles. The highest BCUT2D eigenvalue weighted by Crippen LogP contribution is 2.21. The van der Waals surface area contributed by atoms with E-state index in [4.69, 9.17) is 9.15 Å². The van der Waals surface area contributed by atoms with Crippen molar-refractivity contribution >= 4 is 5.91 Å². The third-order valence-corrected chi connectivity index (χ3v) is 4.10. The Morgan fingerprint density at radius 3 is 2.87 bits per heavy atom. The molecule has 3 heterocycles. The minimum absolute atomic E-state index is 0.0209. The van der Waals surface area contributed by atoms with Crippen molar-refractivity contribution in [3.05, 3.63) is 47.9 Å². The van der Waals surface area contributed by atoms with E-state index in [0.29, 0.717) is 24.7 Å². The number of oxazole rings is 1. The molecule has 1 N–H and O–H groups in total. The Kier molecular flexibility index (Phi) is 4.71. The smallest absolute Gasteiger partial charge is 0.273 e. The SMILES string of the molecule is CC(C)c1ocnc1C(=O)N[C@H]1COC[C@H]1Cc1ccncc1. The van der Waals surface area contributed by atoms with Crippen LogP contribution in [0.3, 0.4) is 0 Å². The molecule has 2 atom stereocenters. The van der Waals surface area contributed by atoms with Crippen molar-refractivity contribution in [3.63, 3.8) is 0 Å². The summed E-state index contributed by atoms with van der Waals surface area (Å²) in [5.41, 5.74) is 1.56. The molecule has 0 radical (unpaired) electrons. The van der Waals surface area contributed by atoms with Gasteiger partial charge in [0.05, 0.1) is 19.3 Å². The van der Waals surface area contributed by atoms with Gasteiger partial charge in [-0.05, 0) is 24.1 Å². The van der Waals surface area contributed by atoms with Crippen LogP contribution in [0.15, 0.2) is 35.3 Å². The van der Waals surface area contributed by atoms with Crippen molar-refractivity contribution in [1.29, 1.82) is 0 Å². The van der Waals surface area contributed by atoms with E-state index in [-0.39, 0.29) is 23.8 Å². The van der Waals surface area contributed by atoms with E-state index in [2.05, 4.69) is 15.3 Å². The van der Waals surface area contributed by atoms with Crippen LogP contribution in [0.2, 0.25) is 0 Å². The molecular weight excluding hydrogens is 294 g/mol. The molecule has 2 aromatic rings. The number of hydrogen-bond donors (Lipinski definition) is 1. The van der Waals surface area contributed by atoms with Crippen molar-refractivity contribution in [2.24, 2.45) is 5.92 Å². The average Bonchev–Trinajstić information content (AvgIpc) is 3.18. The first-order valence-corrected chi connectivity index (χ1v) is 7.86. The largest absolute Gasteiger partial charge is 0.447 e. The Labute approximate surface area is 135 Å². The summed E-state index contributed by atoms with van der Waals surface area (Å²) in [6.45, 7) is 5.11. The van der Waals surface area contributed by atoms with Crippen LogP contribution in [0.1, 0.15) is 41.6 Å². The van der Waals surface area contributed by atoms with Gasteiger partial charge < -0.3 is 14.5 Å². The predicted molar refractivity (Wildman–Crippen MR) is 84.1 cm³/mol. The van der Waals surface area contributed by atoms with Crippen molar-refractivity contribution < 1.29 is 13.9 Å². The third kappa shape index (κ3) is 3.59. The summed E-state index contributed by atoms with van der Waals surface area (Å²) >= 11 is 0. The van der Waals surface area contributed by atoms with Gasteiger partial charge in [-0.3, -0.25) is 9.78 Å². The molecule has 122 valence electrons. The van der Waals surface area contributed by atoms with E-state index in [1.54, 1.807) is 12.4 Å². The zero-order chi connectivity index (χ0) is 16.2. The molecule has 23 heavy (non-hydrogen) atoms. The predicted octanol–water partition coefficient (Wildman–Crippen LogP) is 2.18. The second-order valence-electron chi connectivity index (χ2n) is 6.16. The Balaban J connectivity index is 1.66. The Morgan fingerprint density at radius 2 is 2.13 bits per heavy atom. The molecule has 6 nitrogen and oxygen atoms in total. The highest BCUT2D eigenvalue weighted by Gasteiger charge is 2.31. The lowest BCUT2D eigenvalue weighted by Crippen LogP contribution is -2.41. The number of rotatable bonds is 5. The standard InChI is InChI=1S/C17H21N3O3/c1-11(2)16-15(19-10-23-16)17(21)20-14-9-22-8-13(14)7-12-3-5-18-6-4-12/h3-6,10-11,13-14H,7-9H2,1-2H3,(H,20,21)/t13-,14+/m1/s1.